The van der Waals surface area contributed by atoms with Crippen LogP contribution >= 0.6 is 0 Å². The van der Waals surface area contributed by atoms with E-state index < -0.39 is 6.10 Å². The van der Waals surface area contributed by atoms with Gasteiger partial charge < -0.3 is 9.47 Å². The first-order valence-electron chi connectivity index (χ1n) is 11.2. The first-order chi connectivity index (χ1) is 15.6. The smallest absolute Gasteiger partial charge is 0.123 e. The van der Waals surface area contributed by atoms with E-state index in [0.29, 0.717) is 0 Å². The molecule has 1 saturated heterocycles. The molecule has 0 amide bonds. The number of likely N-dealkylation sites (tertiary alicyclic amines) is 1. The lowest BCUT2D eigenvalue weighted by Gasteiger charge is -2.38. The highest BCUT2D eigenvalue weighted by atomic mass is 19.1. The number of piperidine rings is 1. The van der Waals surface area contributed by atoms with E-state index in [4.69, 9.17) is 9.47 Å². The Morgan fingerprint density at radius 2 is 1.56 bits per heavy atom. The molecule has 1 atom stereocenters. The zero-order valence-electron chi connectivity index (χ0n) is 18.3. The molecule has 1 aliphatic rings. The van der Waals surface area contributed by atoms with Crippen LogP contribution < -0.4 is 4.74 Å². The van der Waals surface area contributed by atoms with Crippen LogP contribution in [0.5, 0.6) is 5.75 Å². The van der Waals surface area contributed by atoms with Crippen LogP contribution in [-0.4, -0.2) is 31.3 Å². The summed E-state index contributed by atoms with van der Waals surface area (Å²) in [6.45, 7) is 1.84. The molecule has 0 spiro atoms. The summed E-state index contributed by atoms with van der Waals surface area (Å²) in [4.78, 5) is 2.38. The van der Waals surface area contributed by atoms with E-state index in [9.17, 15) is 8.78 Å². The monoisotopic (exact) mass is 437 g/mol. The van der Waals surface area contributed by atoms with Crippen molar-refractivity contribution >= 4 is 0 Å². The number of methoxy groups -OCH3 is 1. The minimum Gasteiger partial charge on any atom is -0.497 e. The Morgan fingerprint density at radius 1 is 0.906 bits per heavy atom. The average Bonchev–Trinajstić information content (AvgIpc) is 2.83. The molecule has 0 N–H and O–H groups in total. The number of ether oxygens (including phenoxy) is 2. The molecule has 0 bridgehead atoms. The van der Waals surface area contributed by atoms with Crippen molar-refractivity contribution in [3.8, 4) is 5.75 Å². The van der Waals surface area contributed by atoms with Crippen LogP contribution in [0.25, 0.3) is 0 Å². The summed E-state index contributed by atoms with van der Waals surface area (Å²) in [6, 6.07) is 20.9. The topological polar surface area (TPSA) is 21.7 Å². The van der Waals surface area contributed by atoms with Gasteiger partial charge >= 0.3 is 0 Å². The zero-order chi connectivity index (χ0) is 22.3. The standard InChI is InChI=1S/C27H29F2NO2/c1-31-25-6-4-5-20(19-25)16-18-30-17-3-2-7-26(30)32-27(21-8-12-23(28)13-9-21)22-10-14-24(29)15-11-22/h4-6,8-15,19,26-27H,2-3,7,16-18H2,1H3/t26-/m1/s1. The van der Waals surface area contributed by atoms with Crippen molar-refractivity contribution in [2.24, 2.45) is 0 Å². The number of hydrogen-bond donors (Lipinski definition) is 0. The van der Waals surface area contributed by atoms with Crippen LogP contribution in [0.4, 0.5) is 8.78 Å². The van der Waals surface area contributed by atoms with Gasteiger partial charge in [-0.1, -0.05) is 36.4 Å². The summed E-state index contributed by atoms with van der Waals surface area (Å²) in [7, 11) is 1.68. The molecule has 0 saturated carbocycles. The Morgan fingerprint density at radius 3 is 2.19 bits per heavy atom. The van der Waals surface area contributed by atoms with Crippen LogP contribution in [0, 0.1) is 11.6 Å². The minimum atomic E-state index is -0.390. The van der Waals surface area contributed by atoms with E-state index in [-0.39, 0.29) is 17.9 Å². The quantitative estimate of drug-likeness (QED) is 0.423. The van der Waals surface area contributed by atoms with Crippen LogP contribution in [0.3, 0.4) is 0 Å². The fourth-order valence-electron chi connectivity index (χ4n) is 4.25. The predicted molar refractivity (Wildman–Crippen MR) is 122 cm³/mol. The van der Waals surface area contributed by atoms with Crippen molar-refractivity contribution in [3.63, 3.8) is 0 Å². The summed E-state index contributed by atoms with van der Waals surface area (Å²) < 4.78 is 39.1. The third-order valence-electron chi connectivity index (χ3n) is 6.01. The van der Waals surface area contributed by atoms with Crippen molar-refractivity contribution in [1.29, 1.82) is 0 Å². The van der Waals surface area contributed by atoms with Gasteiger partial charge in [0.15, 0.2) is 0 Å². The molecule has 168 valence electrons. The molecule has 3 aromatic rings. The van der Waals surface area contributed by atoms with Crippen LogP contribution in [0.15, 0.2) is 72.8 Å². The van der Waals surface area contributed by atoms with Crippen LogP contribution in [-0.2, 0) is 11.2 Å². The van der Waals surface area contributed by atoms with Crippen molar-refractivity contribution < 1.29 is 18.3 Å². The maximum Gasteiger partial charge on any atom is 0.123 e. The van der Waals surface area contributed by atoms with Crippen LogP contribution in [0.2, 0.25) is 0 Å². The largest absolute Gasteiger partial charge is 0.497 e. The molecular weight excluding hydrogens is 408 g/mol. The molecule has 3 nitrogen and oxygen atoms in total. The molecule has 3 aromatic carbocycles. The van der Waals surface area contributed by atoms with E-state index >= 15 is 0 Å². The lowest BCUT2D eigenvalue weighted by atomic mass is 10.0. The first kappa shape index (κ1) is 22.4. The molecule has 1 aliphatic heterocycles. The molecule has 1 fully saturated rings. The Labute approximate surface area is 188 Å². The van der Waals surface area contributed by atoms with Gasteiger partial charge in [0.2, 0.25) is 0 Å². The van der Waals surface area contributed by atoms with Crippen molar-refractivity contribution in [3.05, 3.63) is 101 Å². The summed E-state index contributed by atoms with van der Waals surface area (Å²) in [5, 5.41) is 0. The maximum atomic E-state index is 13.5. The fourth-order valence-corrected chi connectivity index (χ4v) is 4.25. The fraction of sp³-hybridized carbons (Fsp3) is 0.333. The summed E-state index contributed by atoms with van der Waals surface area (Å²) in [5.41, 5.74) is 2.94. The zero-order valence-corrected chi connectivity index (χ0v) is 18.3. The molecule has 0 aromatic heterocycles. The summed E-state index contributed by atoms with van der Waals surface area (Å²) in [6.07, 6.45) is 3.61. The Balaban J connectivity index is 1.52. The van der Waals surface area contributed by atoms with Gasteiger partial charge in [0.25, 0.3) is 0 Å². The van der Waals surface area contributed by atoms with Crippen LogP contribution in [0.1, 0.15) is 42.1 Å². The molecule has 32 heavy (non-hydrogen) atoms. The van der Waals surface area contributed by atoms with E-state index in [1.165, 1.54) is 29.8 Å². The van der Waals surface area contributed by atoms with Gasteiger partial charge in [0.05, 0.1) is 7.11 Å². The highest BCUT2D eigenvalue weighted by Gasteiger charge is 2.27. The number of nitrogens with zero attached hydrogens (tertiary/aromatic N) is 1. The first-order valence-corrected chi connectivity index (χ1v) is 11.2. The van der Waals surface area contributed by atoms with Gasteiger partial charge in [-0.15, -0.1) is 0 Å². The van der Waals surface area contributed by atoms with Gasteiger partial charge in [0, 0.05) is 13.1 Å². The van der Waals surface area contributed by atoms with Gasteiger partial charge in [-0.2, -0.15) is 0 Å². The average molecular weight is 438 g/mol. The molecule has 5 heteroatoms. The molecule has 0 aliphatic carbocycles. The van der Waals surface area contributed by atoms with Crippen molar-refractivity contribution in [2.75, 3.05) is 20.2 Å². The summed E-state index contributed by atoms with van der Waals surface area (Å²) >= 11 is 0. The number of benzene rings is 3. The number of halogens is 2. The Kier molecular flexibility index (Phi) is 7.51. The minimum absolute atomic E-state index is 0.0607. The lowest BCUT2D eigenvalue weighted by molar-refractivity contribution is -0.105. The van der Waals surface area contributed by atoms with Gasteiger partial charge in [-0.3, -0.25) is 4.90 Å². The normalized spacial score (nSPS) is 16.9. The second-order valence-corrected chi connectivity index (χ2v) is 8.21. The summed E-state index contributed by atoms with van der Waals surface area (Å²) in [5.74, 6) is 0.287. The molecular formula is C27H29F2NO2. The van der Waals surface area contributed by atoms with E-state index in [1.54, 1.807) is 31.4 Å². The number of hydrogen-bond acceptors (Lipinski definition) is 3. The van der Waals surface area contributed by atoms with Gasteiger partial charge in [-0.05, 0) is 78.8 Å². The van der Waals surface area contributed by atoms with E-state index in [2.05, 4.69) is 17.0 Å². The molecule has 1 heterocycles. The SMILES string of the molecule is COc1cccc(CCN2CCCC[C@H]2OC(c2ccc(F)cc2)c2ccc(F)cc2)c1. The Bertz CT molecular complexity index is 946. The highest BCUT2D eigenvalue weighted by Crippen LogP contribution is 2.31. The van der Waals surface area contributed by atoms with Crippen molar-refractivity contribution in [1.82, 2.24) is 4.90 Å². The molecule has 0 radical (unpaired) electrons. The Hall–Kier alpha value is -2.76. The van der Waals surface area contributed by atoms with Gasteiger partial charge in [0.1, 0.15) is 29.7 Å². The molecule has 4 rings (SSSR count). The number of rotatable bonds is 8. The van der Waals surface area contributed by atoms with E-state index in [1.807, 2.05) is 12.1 Å². The third-order valence-corrected chi connectivity index (χ3v) is 6.01. The molecule has 0 unspecified atom stereocenters. The lowest BCUT2D eigenvalue weighted by Crippen LogP contribution is -2.43. The predicted octanol–water partition coefficient (Wildman–Crippen LogP) is 6.13. The second-order valence-electron chi connectivity index (χ2n) is 8.21. The van der Waals surface area contributed by atoms with Crippen molar-refractivity contribution in [2.45, 2.75) is 38.0 Å². The third kappa shape index (κ3) is 5.72. The van der Waals surface area contributed by atoms with Gasteiger partial charge in [-0.25, -0.2) is 8.78 Å². The highest BCUT2D eigenvalue weighted by molar-refractivity contribution is 5.31. The maximum absolute atomic E-state index is 13.5. The van der Waals surface area contributed by atoms with E-state index in [0.717, 1.165) is 55.6 Å². The second kappa shape index (κ2) is 10.7.